The Morgan fingerprint density at radius 3 is 2.45 bits per heavy atom. The van der Waals surface area contributed by atoms with Gasteiger partial charge in [0.2, 0.25) is 11.6 Å². The monoisotopic (exact) mass is 619 g/mol. The third kappa shape index (κ3) is 9.96. The number of methoxy groups -OCH3 is 2. The van der Waals surface area contributed by atoms with E-state index in [1.165, 1.54) is 33.3 Å². The van der Waals surface area contributed by atoms with Crippen LogP contribution in [0.25, 0.3) is 0 Å². The number of carbonyl (C=O) groups is 4. The zero-order chi connectivity index (χ0) is 33.1. The minimum atomic E-state index is -1.17. The number of hydrogen-bond donors (Lipinski definition) is 6. The van der Waals surface area contributed by atoms with Gasteiger partial charge in [-0.1, -0.05) is 38.2 Å². The van der Waals surface area contributed by atoms with Gasteiger partial charge in [-0.15, -0.1) is 0 Å². The smallest absolute Gasteiger partial charge is 0.405 e. The van der Waals surface area contributed by atoms with Gasteiger partial charge < -0.3 is 45.9 Å². The van der Waals surface area contributed by atoms with Crippen molar-refractivity contribution < 1.29 is 48.7 Å². The van der Waals surface area contributed by atoms with Crippen LogP contribution in [0.5, 0.6) is 0 Å². The Bertz CT molecular complexity index is 1230. The first-order chi connectivity index (χ1) is 20.7. The van der Waals surface area contributed by atoms with Crippen LogP contribution in [-0.4, -0.2) is 96.8 Å². The summed E-state index contributed by atoms with van der Waals surface area (Å²) in [6, 6.07) is 0. The Kier molecular flexibility index (Phi) is 14.1. The summed E-state index contributed by atoms with van der Waals surface area (Å²) < 4.78 is 16.5. The largest absolute Gasteiger partial charge is 0.439 e. The quantitative estimate of drug-likeness (QED) is 0.173. The number of carbonyl (C=O) groups excluding carboxylic acids is 4. The minimum Gasteiger partial charge on any atom is -0.439 e. The van der Waals surface area contributed by atoms with Crippen LogP contribution in [-0.2, 0) is 28.6 Å². The van der Waals surface area contributed by atoms with Gasteiger partial charge in [0.1, 0.15) is 6.10 Å². The predicted molar refractivity (Wildman–Crippen MR) is 161 cm³/mol. The molecular weight excluding hydrogens is 574 g/mol. The number of allylic oxidation sites excluding steroid dienone is 4. The van der Waals surface area contributed by atoms with E-state index in [1.54, 1.807) is 26.0 Å². The van der Waals surface area contributed by atoms with Crippen LogP contribution in [0.4, 0.5) is 4.79 Å². The van der Waals surface area contributed by atoms with Crippen LogP contribution in [0.3, 0.4) is 0 Å². The number of Topliss-reactive ketones (excluding diaryl/α,β-unsaturated/α-hetero) is 1. The second-order valence-corrected chi connectivity index (χ2v) is 11.1. The summed E-state index contributed by atoms with van der Waals surface area (Å²) in [7, 11) is 2.86. The summed E-state index contributed by atoms with van der Waals surface area (Å²) in [4.78, 5) is 51.5. The summed E-state index contributed by atoms with van der Waals surface area (Å²) in [5.74, 6) is -2.58. The Balaban J connectivity index is 2.62. The highest BCUT2D eigenvalue weighted by molar-refractivity contribution is 6.23. The van der Waals surface area contributed by atoms with Gasteiger partial charge in [0, 0.05) is 43.9 Å². The van der Waals surface area contributed by atoms with Gasteiger partial charge in [-0.25, -0.2) is 4.79 Å². The molecule has 7 atom stereocenters. The van der Waals surface area contributed by atoms with Crippen LogP contribution in [0.15, 0.2) is 58.5 Å². The predicted octanol–water partition coefficient (Wildman–Crippen LogP) is 0.705. The molecule has 0 fully saturated rings. The third-order valence-corrected chi connectivity index (χ3v) is 7.52. The molecule has 13 heteroatoms. The normalized spacial score (nSPS) is 31.6. The van der Waals surface area contributed by atoms with E-state index in [4.69, 9.17) is 19.9 Å². The van der Waals surface area contributed by atoms with E-state index in [0.29, 0.717) is 5.57 Å². The maximum absolute atomic E-state index is 13.6. The lowest BCUT2D eigenvalue weighted by atomic mass is 9.85. The molecule has 13 nitrogen and oxygen atoms in total. The van der Waals surface area contributed by atoms with Gasteiger partial charge in [-0.2, -0.15) is 0 Å². The molecule has 2 aliphatic rings. The van der Waals surface area contributed by atoms with Gasteiger partial charge in [0.15, 0.2) is 6.10 Å². The molecule has 0 aromatic rings. The maximum atomic E-state index is 13.6. The molecule has 1 aliphatic carbocycles. The Morgan fingerprint density at radius 1 is 1.18 bits per heavy atom. The number of ether oxygens (including phenoxy) is 3. The molecular formula is C31H45N3O10. The summed E-state index contributed by atoms with van der Waals surface area (Å²) in [5.41, 5.74) is 5.92. The molecule has 1 unspecified atom stereocenters. The molecule has 0 radical (unpaired) electrons. The van der Waals surface area contributed by atoms with Gasteiger partial charge in [-0.05, 0) is 38.2 Å². The number of aliphatic hydroxyl groups is 3. The number of nitrogens with two attached hydrogens (primary N) is 1. The summed E-state index contributed by atoms with van der Waals surface area (Å²) in [6.45, 7) is 6.09. The van der Waals surface area contributed by atoms with E-state index >= 15 is 0 Å². The first-order valence-electron chi connectivity index (χ1n) is 14.3. The molecule has 0 aromatic carbocycles. The third-order valence-electron chi connectivity index (χ3n) is 7.52. The fraction of sp³-hybridized carbons (Fsp3) is 0.548. The van der Waals surface area contributed by atoms with E-state index in [9.17, 15) is 34.5 Å². The molecule has 7 N–H and O–H groups in total. The van der Waals surface area contributed by atoms with Crippen molar-refractivity contribution in [2.45, 2.75) is 71.1 Å². The number of primary amides is 1. The molecule has 2 rings (SSSR count). The lowest BCUT2D eigenvalue weighted by Crippen LogP contribution is -2.39. The molecule has 0 aromatic heterocycles. The first kappa shape index (κ1) is 36.6. The van der Waals surface area contributed by atoms with Crippen LogP contribution >= 0.6 is 0 Å². The zero-order valence-corrected chi connectivity index (χ0v) is 26.0. The molecule has 2 bridgehead atoms. The van der Waals surface area contributed by atoms with Crippen molar-refractivity contribution in [1.29, 1.82) is 0 Å². The Hall–Kier alpha value is -3.62. The lowest BCUT2D eigenvalue weighted by molar-refractivity contribution is -0.120. The second kappa shape index (κ2) is 17.0. The first-order valence-corrected chi connectivity index (χ1v) is 14.3. The number of aliphatic hydroxyl groups excluding tert-OH is 3. The van der Waals surface area contributed by atoms with Gasteiger partial charge in [-0.3, -0.25) is 14.4 Å². The molecule has 244 valence electrons. The highest BCUT2D eigenvalue weighted by Gasteiger charge is 2.33. The van der Waals surface area contributed by atoms with Crippen molar-refractivity contribution >= 4 is 23.6 Å². The van der Waals surface area contributed by atoms with E-state index in [2.05, 4.69) is 10.6 Å². The fourth-order valence-corrected chi connectivity index (χ4v) is 5.06. The Labute approximate surface area is 257 Å². The highest BCUT2D eigenvalue weighted by atomic mass is 16.6. The number of rotatable bonds is 7. The van der Waals surface area contributed by atoms with Crippen molar-refractivity contribution in [3.05, 3.63) is 58.5 Å². The van der Waals surface area contributed by atoms with Crippen molar-refractivity contribution in [1.82, 2.24) is 10.6 Å². The molecule has 1 heterocycles. The van der Waals surface area contributed by atoms with Crippen molar-refractivity contribution in [2.75, 3.05) is 27.4 Å². The van der Waals surface area contributed by atoms with Crippen LogP contribution in [0, 0.1) is 11.8 Å². The van der Waals surface area contributed by atoms with Crippen molar-refractivity contribution in [2.24, 2.45) is 17.6 Å². The maximum Gasteiger partial charge on any atom is 0.405 e. The fourth-order valence-electron chi connectivity index (χ4n) is 5.06. The topological polar surface area (TPSA) is 207 Å². The summed E-state index contributed by atoms with van der Waals surface area (Å²) >= 11 is 0. The summed E-state index contributed by atoms with van der Waals surface area (Å²) in [5, 5.41) is 35.6. The van der Waals surface area contributed by atoms with E-state index in [1.807, 2.05) is 6.92 Å². The number of ketones is 2. The lowest BCUT2D eigenvalue weighted by Gasteiger charge is -2.30. The Morgan fingerprint density at radius 2 is 1.86 bits per heavy atom. The van der Waals surface area contributed by atoms with Gasteiger partial charge >= 0.3 is 6.09 Å². The van der Waals surface area contributed by atoms with Crippen LogP contribution < -0.4 is 16.4 Å². The second-order valence-electron chi connectivity index (χ2n) is 11.1. The average Bonchev–Trinajstić information content (AvgIpc) is 2.97. The van der Waals surface area contributed by atoms with Crippen LogP contribution in [0.1, 0.15) is 40.5 Å². The highest BCUT2D eigenvalue weighted by Crippen LogP contribution is 2.29. The molecule has 44 heavy (non-hydrogen) atoms. The van der Waals surface area contributed by atoms with E-state index < -0.39 is 66.6 Å². The average molecular weight is 620 g/mol. The number of amides is 2. The van der Waals surface area contributed by atoms with E-state index in [-0.39, 0.29) is 47.8 Å². The van der Waals surface area contributed by atoms with Crippen molar-refractivity contribution in [3.8, 4) is 0 Å². The summed E-state index contributed by atoms with van der Waals surface area (Å²) in [6.07, 6.45) is 2.00. The standard InChI is InChI=1S/C31H45N3O10/c1-16-10-21-26(33-14-20(36)15-35)23(37)13-22(28(21)39)34-30(40)17(2)8-7-9-24(42-5)29(44-31(32)41)19(4)12-18(3)27(38)25(11-16)43-6/h7-9,12-13,16,18,20,24-25,27,29,33,35-36,38H,10-11,14-15H2,1-6H3,(H2,32,41)(H,34,40)/b9-7-,17-8+,19-12+/t16-,18+,20?,24+,25+,27-,29+/m1/s1. The molecule has 2 amide bonds. The van der Waals surface area contributed by atoms with Crippen molar-refractivity contribution in [3.63, 3.8) is 0 Å². The SMILES string of the molecule is CO[C@H]1/C=C\C=C(/C)C(=O)NC2=CC(=O)C(NCC(O)CO)=C(C[C@@H](C)C[C@H](OC)[C@H](O)[C@@H](C)/C=C(\C)[C@@H]1OC(N)=O)C2=O. The number of fused-ring (bicyclic) bond motifs is 2. The zero-order valence-electron chi connectivity index (χ0n) is 26.0. The number of nitrogens with one attached hydrogen (secondary N) is 2. The molecule has 0 spiro atoms. The van der Waals surface area contributed by atoms with Gasteiger partial charge in [0.25, 0.3) is 5.91 Å². The molecule has 0 saturated heterocycles. The minimum absolute atomic E-state index is 0.0408. The molecule has 1 aliphatic heterocycles. The van der Waals surface area contributed by atoms with Gasteiger partial charge in [0.05, 0.1) is 36.3 Å². The van der Waals surface area contributed by atoms with E-state index in [0.717, 1.165) is 6.08 Å². The van der Waals surface area contributed by atoms with Crippen LogP contribution in [0.2, 0.25) is 0 Å². The number of hydrogen-bond acceptors (Lipinski definition) is 11. The molecule has 0 saturated carbocycles.